The lowest BCUT2D eigenvalue weighted by Crippen LogP contribution is -1.92. The fourth-order valence-electron chi connectivity index (χ4n) is 1.47. The number of carbonyl (C=O) groups is 1. The van der Waals surface area contributed by atoms with Crippen molar-refractivity contribution in [3.63, 3.8) is 0 Å². The maximum Gasteiger partial charge on any atom is 0.330 e. The highest BCUT2D eigenvalue weighted by Crippen LogP contribution is 2.29. The number of hydrogen-bond acceptors (Lipinski definition) is 3. The van der Waals surface area contributed by atoms with Crippen molar-refractivity contribution >= 4 is 23.6 Å². The van der Waals surface area contributed by atoms with Crippen LogP contribution in [-0.2, 0) is 9.53 Å². The summed E-state index contributed by atoms with van der Waals surface area (Å²) in [6.07, 6.45) is 2.85. The van der Waals surface area contributed by atoms with Crippen molar-refractivity contribution < 1.29 is 13.9 Å². The van der Waals surface area contributed by atoms with Crippen LogP contribution >= 0.6 is 11.6 Å². The van der Waals surface area contributed by atoms with Crippen LogP contribution in [0.25, 0.3) is 17.4 Å². The molecule has 2 rings (SSSR count). The van der Waals surface area contributed by atoms with Crippen molar-refractivity contribution in [2.24, 2.45) is 0 Å². The van der Waals surface area contributed by atoms with Crippen LogP contribution in [0.3, 0.4) is 0 Å². The van der Waals surface area contributed by atoms with E-state index in [4.69, 9.17) is 16.0 Å². The normalized spacial score (nSPS) is 10.8. The van der Waals surface area contributed by atoms with Crippen LogP contribution in [0, 0.1) is 0 Å². The lowest BCUT2D eigenvalue weighted by Gasteiger charge is -1.98. The third kappa shape index (κ3) is 2.81. The van der Waals surface area contributed by atoms with E-state index in [0.29, 0.717) is 16.5 Å². The van der Waals surface area contributed by atoms with Gasteiger partial charge >= 0.3 is 5.97 Å². The molecule has 3 nitrogen and oxygen atoms in total. The summed E-state index contributed by atoms with van der Waals surface area (Å²) < 4.78 is 10.1. The molecule has 0 unspecified atom stereocenters. The van der Waals surface area contributed by atoms with Gasteiger partial charge in [-0.15, -0.1) is 0 Å². The van der Waals surface area contributed by atoms with Crippen molar-refractivity contribution in [3.8, 4) is 11.3 Å². The van der Waals surface area contributed by atoms with Crippen molar-refractivity contribution in [2.45, 2.75) is 0 Å². The molecule has 92 valence electrons. The SMILES string of the molecule is COC(=O)/C=C/c1ccc(-c2ccccc2Cl)o1. The molecule has 0 spiro atoms. The summed E-state index contributed by atoms with van der Waals surface area (Å²) in [7, 11) is 1.32. The Labute approximate surface area is 110 Å². The Kier molecular flexibility index (Phi) is 3.85. The van der Waals surface area contributed by atoms with Crippen molar-refractivity contribution in [3.05, 3.63) is 53.3 Å². The minimum atomic E-state index is -0.425. The fraction of sp³-hybridized carbons (Fsp3) is 0.0714. The second-order valence-corrected chi connectivity index (χ2v) is 3.95. The zero-order valence-electron chi connectivity index (χ0n) is 9.72. The summed E-state index contributed by atoms with van der Waals surface area (Å²) in [5, 5.41) is 0.621. The summed E-state index contributed by atoms with van der Waals surface area (Å²) in [6.45, 7) is 0. The van der Waals surface area contributed by atoms with Gasteiger partial charge in [0.15, 0.2) is 0 Å². The Morgan fingerprint density at radius 2 is 2.06 bits per heavy atom. The third-order valence-corrected chi connectivity index (χ3v) is 2.68. The molecule has 0 aliphatic rings. The summed E-state index contributed by atoms with van der Waals surface area (Å²) >= 11 is 6.07. The number of furan rings is 1. The average Bonchev–Trinajstić information content (AvgIpc) is 2.85. The first-order valence-electron chi connectivity index (χ1n) is 5.31. The Morgan fingerprint density at radius 1 is 1.28 bits per heavy atom. The van der Waals surface area contributed by atoms with Gasteiger partial charge in [-0.1, -0.05) is 23.7 Å². The standard InChI is InChI=1S/C14H11ClO3/c1-17-14(16)9-7-10-6-8-13(18-10)11-4-2-3-5-12(11)15/h2-9H,1H3/b9-7+. The molecule has 1 aromatic heterocycles. The van der Waals surface area contributed by atoms with Crippen LogP contribution in [0.15, 0.2) is 46.9 Å². The molecular formula is C14H11ClO3. The van der Waals surface area contributed by atoms with Gasteiger partial charge in [0.2, 0.25) is 0 Å². The van der Waals surface area contributed by atoms with Crippen LogP contribution in [-0.4, -0.2) is 13.1 Å². The molecule has 0 saturated carbocycles. The van der Waals surface area contributed by atoms with E-state index in [2.05, 4.69) is 4.74 Å². The Balaban J connectivity index is 2.24. The summed E-state index contributed by atoms with van der Waals surface area (Å²) in [4.78, 5) is 10.9. The van der Waals surface area contributed by atoms with Crippen molar-refractivity contribution in [1.29, 1.82) is 0 Å². The van der Waals surface area contributed by atoms with Crippen LogP contribution in [0.1, 0.15) is 5.76 Å². The first kappa shape index (κ1) is 12.5. The molecular weight excluding hydrogens is 252 g/mol. The highest BCUT2D eigenvalue weighted by Gasteiger charge is 2.06. The molecule has 0 bridgehead atoms. The van der Waals surface area contributed by atoms with Crippen LogP contribution in [0.2, 0.25) is 5.02 Å². The first-order chi connectivity index (χ1) is 8.70. The number of esters is 1. The number of methoxy groups -OCH3 is 1. The maximum absolute atomic E-state index is 10.9. The van der Waals surface area contributed by atoms with E-state index in [0.717, 1.165) is 5.56 Å². The van der Waals surface area contributed by atoms with E-state index in [1.807, 2.05) is 18.2 Å². The highest BCUT2D eigenvalue weighted by molar-refractivity contribution is 6.33. The number of halogens is 1. The van der Waals surface area contributed by atoms with E-state index < -0.39 is 5.97 Å². The number of hydrogen-bond donors (Lipinski definition) is 0. The monoisotopic (exact) mass is 262 g/mol. The van der Waals surface area contributed by atoms with Gasteiger partial charge in [0.25, 0.3) is 0 Å². The lowest BCUT2D eigenvalue weighted by atomic mass is 10.2. The largest absolute Gasteiger partial charge is 0.466 e. The third-order valence-electron chi connectivity index (χ3n) is 2.35. The smallest absolute Gasteiger partial charge is 0.330 e. The van der Waals surface area contributed by atoms with E-state index >= 15 is 0 Å². The summed E-state index contributed by atoms with van der Waals surface area (Å²) in [5.74, 6) is 0.797. The van der Waals surface area contributed by atoms with Gasteiger partial charge in [-0.05, 0) is 30.3 Å². The molecule has 18 heavy (non-hydrogen) atoms. The Bertz CT molecular complexity index is 584. The van der Waals surface area contributed by atoms with Gasteiger partial charge < -0.3 is 9.15 Å². The van der Waals surface area contributed by atoms with Gasteiger partial charge in [0, 0.05) is 11.6 Å². The first-order valence-corrected chi connectivity index (χ1v) is 5.69. The van der Waals surface area contributed by atoms with E-state index in [-0.39, 0.29) is 0 Å². The molecule has 1 aromatic carbocycles. The van der Waals surface area contributed by atoms with Crippen LogP contribution in [0.5, 0.6) is 0 Å². The van der Waals surface area contributed by atoms with Crippen LogP contribution < -0.4 is 0 Å². The van der Waals surface area contributed by atoms with E-state index in [1.165, 1.54) is 13.2 Å². The number of rotatable bonds is 3. The molecule has 0 N–H and O–H groups in total. The van der Waals surface area contributed by atoms with E-state index in [1.54, 1.807) is 24.3 Å². The second-order valence-electron chi connectivity index (χ2n) is 3.54. The zero-order chi connectivity index (χ0) is 13.0. The molecule has 0 saturated heterocycles. The minimum absolute atomic E-state index is 0.425. The molecule has 0 aliphatic carbocycles. The maximum atomic E-state index is 10.9. The molecule has 1 heterocycles. The molecule has 4 heteroatoms. The number of ether oxygens (including phenoxy) is 1. The van der Waals surface area contributed by atoms with Crippen molar-refractivity contribution in [1.82, 2.24) is 0 Å². The molecule has 0 aliphatic heterocycles. The quantitative estimate of drug-likeness (QED) is 0.624. The van der Waals surface area contributed by atoms with Gasteiger partial charge in [-0.25, -0.2) is 4.79 Å². The Morgan fingerprint density at radius 3 is 2.78 bits per heavy atom. The van der Waals surface area contributed by atoms with Crippen LogP contribution in [0.4, 0.5) is 0 Å². The predicted octanol–water partition coefficient (Wildman–Crippen LogP) is 3.79. The fourth-order valence-corrected chi connectivity index (χ4v) is 1.70. The van der Waals surface area contributed by atoms with Gasteiger partial charge in [-0.2, -0.15) is 0 Å². The molecule has 0 atom stereocenters. The van der Waals surface area contributed by atoms with Gasteiger partial charge in [0.05, 0.1) is 12.1 Å². The van der Waals surface area contributed by atoms with E-state index in [9.17, 15) is 4.79 Å². The average molecular weight is 263 g/mol. The lowest BCUT2D eigenvalue weighted by molar-refractivity contribution is -0.134. The summed E-state index contributed by atoms with van der Waals surface area (Å²) in [5.41, 5.74) is 0.817. The number of carbonyl (C=O) groups excluding carboxylic acids is 1. The Hall–Kier alpha value is -2.00. The molecule has 0 amide bonds. The van der Waals surface area contributed by atoms with Gasteiger partial charge in [-0.3, -0.25) is 0 Å². The molecule has 2 aromatic rings. The topological polar surface area (TPSA) is 39.4 Å². The number of benzene rings is 1. The minimum Gasteiger partial charge on any atom is -0.466 e. The second kappa shape index (κ2) is 5.56. The van der Waals surface area contributed by atoms with Gasteiger partial charge in [0.1, 0.15) is 11.5 Å². The highest BCUT2D eigenvalue weighted by atomic mass is 35.5. The zero-order valence-corrected chi connectivity index (χ0v) is 10.5. The molecule has 0 radical (unpaired) electrons. The summed E-state index contributed by atoms with van der Waals surface area (Å²) in [6, 6.07) is 11.0. The molecule has 0 fully saturated rings. The van der Waals surface area contributed by atoms with Crippen molar-refractivity contribution in [2.75, 3.05) is 7.11 Å². The predicted molar refractivity (Wildman–Crippen MR) is 70.2 cm³/mol.